The maximum Gasteiger partial charge on any atom is 0.0700 e. The quantitative estimate of drug-likeness (QED) is 0.500. The van der Waals surface area contributed by atoms with E-state index in [-0.39, 0.29) is 0 Å². The summed E-state index contributed by atoms with van der Waals surface area (Å²) in [6.07, 6.45) is 0. The Balaban J connectivity index is 3.36. The van der Waals surface area contributed by atoms with E-state index in [1.807, 2.05) is 0 Å². The molecule has 0 atom stereocenters. The third-order valence-electron chi connectivity index (χ3n) is 2.29. The van der Waals surface area contributed by atoms with Crippen molar-refractivity contribution in [2.45, 2.75) is 6.92 Å². The number of methoxy groups -OCH3 is 1. The van der Waals surface area contributed by atoms with Gasteiger partial charge < -0.3 is 19.3 Å². The SMILES string of the molecule is CCN(CCOCCOC)CCN(C)C. The Morgan fingerprint density at radius 2 is 1.67 bits per heavy atom. The maximum atomic E-state index is 5.43. The zero-order chi connectivity index (χ0) is 11.5. The number of likely N-dealkylation sites (N-methyl/N-ethyl adjacent to an activating group) is 2. The fourth-order valence-corrected chi connectivity index (χ4v) is 1.21. The van der Waals surface area contributed by atoms with Crippen molar-refractivity contribution in [3.05, 3.63) is 0 Å². The van der Waals surface area contributed by atoms with Crippen LogP contribution in [-0.2, 0) is 9.47 Å². The Morgan fingerprint density at radius 1 is 0.933 bits per heavy atom. The molecular weight excluding hydrogens is 192 g/mol. The molecular formula is C11H26N2O2. The van der Waals surface area contributed by atoms with Crippen molar-refractivity contribution in [1.82, 2.24) is 9.80 Å². The van der Waals surface area contributed by atoms with E-state index in [1.54, 1.807) is 7.11 Å². The molecule has 0 amide bonds. The fraction of sp³-hybridized carbons (Fsp3) is 1.00. The Bertz CT molecular complexity index is 132. The molecule has 0 aromatic heterocycles. The molecule has 15 heavy (non-hydrogen) atoms. The molecule has 0 saturated heterocycles. The van der Waals surface area contributed by atoms with Gasteiger partial charge in [-0.05, 0) is 20.6 Å². The van der Waals surface area contributed by atoms with Crippen LogP contribution >= 0.6 is 0 Å². The van der Waals surface area contributed by atoms with Crippen LogP contribution in [0.3, 0.4) is 0 Å². The van der Waals surface area contributed by atoms with Gasteiger partial charge >= 0.3 is 0 Å². The van der Waals surface area contributed by atoms with Crippen molar-refractivity contribution < 1.29 is 9.47 Å². The topological polar surface area (TPSA) is 24.9 Å². The molecule has 0 N–H and O–H groups in total. The molecule has 4 heteroatoms. The standard InChI is InChI=1S/C11H26N2O2/c1-5-13(7-6-12(2)3)8-9-15-11-10-14-4/h5-11H2,1-4H3. The van der Waals surface area contributed by atoms with E-state index in [1.165, 1.54) is 0 Å². The zero-order valence-corrected chi connectivity index (χ0v) is 10.7. The highest BCUT2D eigenvalue weighted by Gasteiger charge is 2.02. The first-order valence-electron chi connectivity index (χ1n) is 5.64. The van der Waals surface area contributed by atoms with E-state index in [9.17, 15) is 0 Å². The summed E-state index contributed by atoms with van der Waals surface area (Å²) in [7, 11) is 5.89. The molecule has 0 bridgehead atoms. The van der Waals surface area contributed by atoms with Crippen molar-refractivity contribution in [3.63, 3.8) is 0 Å². The molecule has 4 nitrogen and oxygen atoms in total. The lowest BCUT2D eigenvalue weighted by Crippen LogP contribution is -2.34. The lowest BCUT2D eigenvalue weighted by atomic mass is 10.4. The zero-order valence-electron chi connectivity index (χ0n) is 10.7. The highest BCUT2D eigenvalue weighted by Crippen LogP contribution is 1.89. The van der Waals surface area contributed by atoms with Crippen molar-refractivity contribution in [2.75, 3.05) is 67.2 Å². The number of ether oxygens (including phenoxy) is 2. The van der Waals surface area contributed by atoms with Gasteiger partial charge in [0.1, 0.15) is 0 Å². The molecule has 0 unspecified atom stereocenters. The summed E-state index contributed by atoms with van der Waals surface area (Å²) in [5, 5.41) is 0. The van der Waals surface area contributed by atoms with Gasteiger partial charge in [-0.2, -0.15) is 0 Å². The van der Waals surface area contributed by atoms with E-state index in [4.69, 9.17) is 9.47 Å². The van der Waals surface area contributed by atoms with Gasteiger partial charge in [0.25, 0.3) is 0 Å². The molecule has 0 aromatic carbocycles. The van der Waals surface area contributed by atoms with Gasteiger partial charge in [-0.15, -0.1) is 0 Å². The molecule has 0 radical (unpaired) electrons. The first-order chi connectivity index (χ1) is 7.20. The first-order valence-corrected chi connectivity index (χ1v) is 5.64. The number of rotatable bonds is 10. The Hall–Kier alpha value is -0.160. The lowest BCUT2D eigenvalue weighted by molar-refractivity contribution is 0.0570. The summed E-state index contributed by atoms with van der Waals surface area (Å²) < 4.78 is 10.3. The summed E-state index contributed by atoms with van der Waals surface area (Å²) in [6.45, 7) is 8.67. The molecule has 92 valence electrons. The summed E-state index contributed by atoms with van der Waals surface area (Å²) in [5.74, 6) is 0. The minimum absolute atomic E-state index is 0.684. The molecule has 0 heterocycles. The van der Waals surface area contributed by atoms with Crippen LogP contribution in [0.5, 0.6) is 0 Å². The van der Waals surface area contributed by atoms with Crippen LogP contribution in [0.15, 0.2) is 0 Å². The Morgan fingerprint density at radius 3 is 2.20 bits per heavy atom. The van der Waals surface area contributed by atoms with E-state index < -0.39 is 0 Å². The van der Waals surface area contributed by atoms with E-state index >= 15 is 0 Å². The van der Waals surface area contributed by atoms with Crippen molar-refractivity contribution >= 4 is 0 Å². The van der Waals surface area contributed by atoms with Crippen LogP contribution in [0.25, 0.3) is 0 Å². The monoisotopic (exact) mass is 218 g/mol. The largest absolute Gasteiger partial charge is 0.382 e. The van der Waals surface area contributed by atoms with Gasteiger partial charge in [0, 0.05) is 26.7 Å². The molecule has 0 spiro atoms. The second-order valence-corrected chi connectivity index (χ2v) is 3.84. The number of hydrogen-bond donors (Lipinski definition) is 0. The van der Waals surface area contributed by atoms with Crippen molar-refractivity contribution in [1.29, 1.82) is 0 Å². The maximum absolute atomic E-state index is 5.43. The molecule has 0 aliphatic rings. The van der Waals surface area contributed by atoms with Crippen molar-refractivity contribution in [2.24, 2.45) is 0 Å². The van der Waals surface area contributed by atoms with Gasteiger partial charge in [0.05, 0.1) is 19.8 Å². The van der Waals surface area contributed by atoms with Gasteiger partial charge in [0.15, 0.2) is 0 Å². The third kappa shape index (κ3) is 10.1. The third-order valence-corrected chi connectivity index (χ3v) is 2.29. The van der Waals surface area contributed by atoms with Crippen LogP contribution < -0.4 is 0 Å². The number of hydrogen-bond acceptors (Lipinski definition) is 4. The number of nitrogens with zero attached hydrogens (tertiary/aromatic N) is 2. The smallest absolute Gasteiger partial charge is 0.0700 e. The van der Waals surface area contributed by atoms with Crippen LogP contribution in [0.4, 0.5) is 0 Å². The predicted octanol–water partition coefficient (Wildman–Crippen LogP) is 0.533. The van der Waals surface area contributed by atoms with Crippen LogP contribution in [0, 0.1) is 0 Å². The molecule has 0 fully saturated rings. The molecule has 0 rings (SSSR count). The molecule has 0 aromatic rings. The first kappa shape index (κ1) is 14.8. The van der Waals surface area contributed by atoms with Gasteiger partial charge in [-0.1, -0.05) is 6.92 Å². The van der Waals surface area contributed by atoms with E-state index in [0.717, 1.165) is 32.8 Å². The van der Waals surface area contributed by atoms with Crippen LogP contribution in [0.2, 0.25) is 0 Å². The summed E-state index contributed by atoms with van der Waals surface area (Å²) in [4.78, 5) is 4.60. The van der Waals surface area contributed by atoms with E-state index in [0.29, 0.717) is 13.2 Å². The second kappa shape index (κ2) is 10.4. The average molecular weight is 218 g/mol. The Labute approximate surface area is 94.1 Å². The Kier molecular flexibility index (Phi) is 10.3. The normalized spacial score (nSPS) is 11.6. The summed E-state index contributed by atoms with van der Waals surface area (Å²) in [5.41, 5.74) is 0. The lowest BCUT2D eigenvalue weighted by Gasteiger charge is -2.22. The van der Waals surface area contributed by atoms with Crippen LogP contribution in [-0.4, -0.2) is 77.0 Å². The van der Waals surface area contributed by atoms with Gasteiger partial charge in [0.2, 0.25) is 0 Å². The minimum Gasteiger partial charge on any atom is -0.382 e. The molecule has 0 aliphatic carbocycles. The molecule has 0 aliphatic heterocycles. The minimum atomic E-state index is 0.684. The van der Waals surface area contributed by atoms with Crippen molar-refractivity contribution in [3.8, 4) is 0 Å². The average Bonchev–Trinajstić information content (AvgIpc) is 2.22. The van der Waals surface area contributed by atoms with Crippen LogP contribution in [0.1, 0.15) is 6.92 Å². The van der Waals surface area contributed by atoms with E-state index in [2.05, 4.69) is 30.8 Å². The summed E-state index contributed by atoms with van der Waals surface area (Å²) >= 11 is 0. The fourth-order valence-electron chi connectivity index (χ4n) is 1.21. The summed E-state index contributed by atoms with van der Waals surface area (Å²) in [6, 6.07) is 0. The second-order valence-electron chi connectivity index (χ2n) is 3.84. The highest BCUT2D eigenvalue weighted by molar-refractivity contribution is 4.56. The highest BCUT2D eigenvalue weighted by atomic mass is 16.5. The van der Waals surface area contributed by atoms with Gasteiger partial charge in [-0.25, -0.2) is 0 Å². The molecule has 0 saturated carbocycles. The van der Waals surface area contributed by atoms with Gasteiger partial charge in [-0.3, -0.25) is 0 Å². The predicted molar refractivity (Wildman–Crippen MR) is 63.4 cm³/mol.